The largest absolute Gasteiger partial charge is 0.316 e. The van der Waals surface area contributed by atoms with Crippen LogP contribution in [0.4, 0.5) is 0 Å². The summed E-state index contributed by atoms with van der Waals surface area (Å²) in [6, 6.07) is 0. The number of rotatable bonds is 9. The van der Waals surface area contributed by atoms with Crippen LogP contribution >= 0.6 is 0 Å². The van der Waals surface area contributed by atoms with Crippen LogP contribution in [0.15, 0.2) is 0 Å². The lowest BCUT2D eigenvalue weighted by atomic mass is 9.82. The van der Waals surface area contributed by atoms with Gasteiger partial charge in [0.05, 0.1) is 5.75 Å². The van der Waals surface area contributed by atoms with Gasteiger partial charge in [0.15, 0.2) is 0 Å². The second kappa shape index (κ2) is 6.38. The number of sulfone groups is 1. The molecule has 1 atom stereocenters. The van der Waals surface area contributed by atoms with Gasteiger partial charge in [-0.15, -0.1) is 0 Å². The maximum atomic E-state index is 11.7. The molecule has 0 aromatic heterocycles. The molecule has 0 bridgehead atoms. The Labute approximate surface area is 113 Å². The van der Waals surface area contributed by atoms with Crippen LogP contribution in [0.3, 0.4) is 0 Å². The Hall–Kier alpha value is -0.0900. The Morgan fingerprint density at radius 1 is 1.33 bits per heavy atom. The molecular formula is C14H29NO2S. The zero-order valence-corrected chi connectivity index (χ0v) is 13.1. The molecular weight excluding hydrogens is 246 g/mol. The number of nitrogens with one attached hydrogen (secondary N) is 1. The van der Waals surface area contributed by atoms with Crippen molar-refractivity contribution < 1.29 is 8.42 Å². The van der Waals surface area contributed by atoms with Crippen LogP contribution in [0.5, 0.6) is 0 Å². The van der Waals surface area contributed by atoms with Gasteiger partial charge in [-0.2, -0.15) is 0 Å². The maximum Gasteiger partial charge on any atom is 0.150 e. The van der Waals surface area contributed by atoms with Gasteiger partial charge in [-0.3, -0.25) is 0 Å². The second-order valence-electron chi connectivity index (χ2n) is 6.44. The van der Waals surface area contributed by atoms with E-state index in [1.165, 1.54) is 12.8 Å². The molecule has 1 unspecified atom stereocenters. The van der Waals surface area contributed by atoms with E-state index in [1.54, 1.807) is 6.92 Å². The third-order valence-corrected chi connectivity index (χ3v) is 5.77. The highest BCUT2D eigenvalue weighted by Gasteiger charge is 2.41. The van der Waals surface area contributed by atoms with E-state index in [9.17, 15) is 8.42 Å². The van der Waals surface area contributed by atoms with Crippen molar-refractivity contribution in [1.29, 1.82) is 0 Å². The molecule has 0 amide bonds. The molecule has 0 heterocycles. The molecule has 1 N–H and O–H groups in total. The summed E-state index contributed by atoms with van der Waals surface area (Å²) in [4.78, 5) is 0. The van der Waals surface area contributed by atoms with Crippen molar-refractivity contribution in [2.24, 2.45) is 17.3 Å². The molecule has 0 aromatic carbocycles. The summed E-state index contributed by atoms with van der Waals surface area (Å²) < 4.78 is 23.3. The van der Waals surface area contributed by atoms with Gasteiger partial charge in [-0.05, 0) is 43.1 Å². The highest BCUT2D eigenvalue weighted by molar-refractivity contribution is 7.91. The SMILES string of the molecule is CCS(=O)(=O)CCC(C)(CNCC(C)C)C1CC1. The quantitative estimate of drug-likeness (QED) is 0.703. The molecule has 4 heteroatoms. The average molecular weight is 275 g/mol. The normalized spacial score (nSPS) is 20.1. The lowest BCUT2D eigenvalue weighted by Gasteiger charge is -2.30. The summed E-state index contributed by atoms with van der Waals surface area (Å²) >= 11 is 0. The predicted molar refractivity (Wildman–Crippen MR) is 77.5 cm³/mol. The summed E-state index contributed by atoms with van der Waals surface area (Å²) in [5.41, 5.74) is 0.164. The smallest absolute Gasteiger partial charge is 0.150 e. The zero-order valence-electron chi connectivity index (χ0n) is 12.3. The van der Waals surface area contributed by atoms with Crippen LogP contribution in [0.25, 0.3) is 0 Å². The third-order valence-electron chi connectivity index (χ3n) is 4.07. The van der Waals surface area contributed by atoms with E-state index in [2.05, 4.69) is 26.1 Å². The highest BCUT2D eigenvalue weighted by atomic mass is 32.2. The van der Waals surface area contributed by atoms with Gasteiger partial charge in [0.2, 0.25) is 0 Å². The van der Waals surface area contributed by atoms with Crippen LogP contribution in [0.1, 0.15) is 47.0 Å². The van der Waals surface area contributed by atoms with E-state index < -0.39 is 9.84 Å². The Kier molecular flexibility index (Phi) is 5.66. The third kappa shape index (κ3) is 5.27. The first kappa shape index (κ1) is 16.0. The van der Waals surface area contributed by atoms with Gasteiger partial charge in [-0.25, -0.2) is 8.42 Å². The van der Waals surface area contributed by atoms with Crippen LogP contribution in [-0.4, -0.2) is 33.0 Å². The van der Waals surface area contributed by atoms with Crippen molar-refractivity contribution in [2.75, 3.05) is 24.6 Å². The standard InChI is InChI=1S/C14H29NO2S/c1-5-18(16,17)9-8-14(4,13-6-7-13)11-15-10-12(2)3/h12-13,15H,5-11H2,1-4H3. The molecule has 108 valence electrons. The Bertz CT molecular complexity index is 347. The topological polar surface area (TPSA) is 46.2 Å². The fraction of sp³-hybridized carbons (Fsp3) is 1.00. The molecule has 1 rings (SSSR count). The average Bonchev–Trinajstić information content (AvgIpc) is 3.10. The minimum absolute atomic E-state index is 0.164. The van der Waals surface area contributed by atoms with E-state index in [1.807, 2.05) is 0 Å². The molecule has 3 nitrogen and oxygen atoms in total. The monoisotopic (exact) mass is 275 g/mol. The van der Waals surface area contributed by atoms with Crippen molar-refractivity contribution in [3.63, 3.8) is 0 Å². The molecule has 0 aliphatic heterocycles. The summed E-state index contributed by atoms with van der Waals surface area (Å²) in [7, 11) is -2.83. The van der Waals surface area contributed by atoms with E-state index in [-0.39, 0.29) is 11.2 Å². The predicted octanol–water partition coefficient (Wildman–Crippen LogP) is 2.47. The summed E-state index contributed by atoms with van der Waals surface area (Å²) in [5.74, 6) is 1.99. The van der Waals surface area contributed by atoms with Crippen LogP contribution < -0.4 is 5.32 Å². The van der Waals surface area contributed by atoms with Gasteiger partial charge in [0.1, 0.15) is 9.84 Å². The fourth-order valence-electron chi connectivity index (χ4n) is 2.40. The second-order valence-corrected chi connectivity index (χ2v) is 8.91. The lowest BCUT2D eigenvalue weighted by molar-refractivity contribution is 0.245. The molecule has 1 saturated carbocycles. The minimum Gasteiger partial charge on any atom is -0.316 e. The first-order chi connectivity index (χ1) is 8.29. The van der Waals surface area contributed by atoms with Gasteiger partial charge in [0, 0.05) is 12.3 Å². The Balaban J connectivity index is 2.47. The van der Waals surface area contributed by atoms with E-state index in [0.717, 1.165) is 25.4 Å². The summed E-state index contributed by atoms with van der Waals surface area (Å²) in [6.07, 6.45) is 3.34. The molecule has 1 aliphatic carbocycles. The Morgan fingerprint density at radius 2 is 1.94 bits per heavy atom. The zero-order chi connectivity index (χ0) is 13.8. The van der Waals surface area contributed by atoms with Crippen LogP contribution in [-0.2, 0) is 9.84 Å². The van der Waals surface area contributed by atoms with Crippen molar-refractivity contribution in [3.05, 3.63) is 0 Å². The van der Waals surface area contributed by atoms with Gasteiger partial charge < -0.3 is 5.32 Å². The molecule has 0 radical (unpaired) electrons. The Morgan fingerprint density at radius 3 is 2.39 bits per heavy atom. The van der Waals surface area contributed by atoms with Crippen molar-refractivity contribution in [2.45, 2.75) is 47.0 Å². The molecule has 1 aliphatic rings. The van der Waals surface area contributed by atoms with Gasteiger partial charge in [-0.1, -0.05) is 27.7 Å². The molecule has 0 spiro atoms. The summed E-state index contributed by atoms with van der Waals surface area (Å²) in [5, 5.41) is 3.51. The molecule has 0 saturated heterocycles. The summed E-state index contributed by atoms with van der Waals surface area (Å²) in [6.45, 7) is 10.4. The van der Waals surface area contributed by atoms with Crippen molar-refractivity contribution in [3.8, 4) is 0 Å². The lowest BCUT2D eigenvalue weighted by Crippen LogP contribution is -2.37. The molecule has 1 fully saturated rings. The van der Waals surface area contributed by atoms with E-state index in [4.69, 9.17) is 0 Å². The maximum absolute atomic E-state index is 11.7. The minimum atomic E-state index is -2.83. The van der Waals surface area contributed by atoms with Gasteiger partial charge in [0.25, 0.3) is 0 Å². The fourth-order valence-corrected chi connectivity index (χ4v) is 3.46. The van der Waals surface area contributed by atoms with Crippen molar-refractivity contribution >= 4 is 9.84 Å². The van der Waals surface area contributed by atoms with Crippen LogP contribution in [0.2, 0.25) is 0 Å². The van der Waals surface area contributed by atoms with E-state index >= 15 is 0 Å². The van der Waals surface area contributed by atoms with Crippen LogP contribution in [0, 0.1) is 17.3 Å². The highest BCUT2D eigenvalue weighted by Crippen LogP contribution is 2.47. The molecule has 18 heavy (non-hydrogen) atoms. The first-order valence-corrected chi connectivity index (χ1v) is 9.02. The molecule has 0 aromatic rings. The van der Waals surface area contributed by atoms with Gasteiger partial charge >= 0.3 is 0 Å². The number of hydrogen-bond acceptors (Lipinski definition) is 3. The first-order valence-electron chi connectivity index (χ1n) is 7.20. The number of hydrogen-bond donors (Lipinski definition) is 1. The van der Waals surface area contributed by atoms with Crippen molar-refractivity contribution in [1.82, 2.24) is 5.32 Å². The van der Waals surface area contributed by atoms with E-state index in [0.29, 0.717) is 11.7 Å².